The first kappa shape index (κ1) is 22.2. The van der Waals surface area contributed by atoms with Crippen molar-refractivity contribution in [2.45, 2.75) is 76.5 Å². The quantitative estimate of drug-likeness (QED) is 0.396. The van der Waals surface area contributed by atoms with E-state index in [1.165, 1.54) is 6.08 Å². The number of carbonyl (C=O) groups is 1. The highest BCUT2D eigenvalue weighted by atomic mass is 16.7. The van der Waals surface area contributed by atoms with Crippen LogP contribution in [-0.2, 0) is 14.3 Å². The number of allylic oxidation sites excluding steroid dienone is 1. The van der Waals surface area contributed by atoms with Gasteiger partial charge < -0.3 is 35.0 Å². The molecular formula is C19H30O8. The van der Waals surface area contributed by atoms with Gasteiger partial charge in [0.2, 0.25) is 0 Å². The zero-order valence-corrected chi connectivity index (χ0v) is 16.1. The monoisotopic (exact) mass is 386 g/mol. The molecule has 0 saturated carbocycles. The van der Waals surface area contributed by atoms with Crippen molar-refractivity contribution in [1.82, 2.24) is 0 Å². The minimum Gasteiger partial charge on any atom is -0.394 e. The van der Waals surface area contributed by atoms with E-state index in [9.17, 15) is 30.3 Å². The average molecular weight is 386 g/mol. The van der Waals surface area contributed by atoms with E-state index in [0.29, 0.717) is 5.57 Å². The molecule has 7 atom stereocenters. The SMILES string of the molecule is CC1=CC(=O)CC(C)(C)[C@@]1(O)/C=C/C(C)OC1OC(CO)C(O)C(O)C1O. The highest BCUT2D eigenvalue weighted by Gasteiger charge is 2.47. The number of hydrogen-bond acceptors (Lipinski definition) is 8. The van der Waals surface area contributed by atoms with Crippen molar-refractivity contribution in [3.05, 3.63) is 23.8 Å². The van der Waals surface area contributed by atoms with Crippen molar-refractivity contribution < 1.29 is 39.8 Å². The van der Waals surface area contributed by atoms with Gasteiger partial charge in [0.15, 0.2) is 12.1 Å². The number of ether oxygens (including phenoxy) is 2. The summed E-state index contributed by atoms with van der Waals surface area (Å²) in [4.78, 5) is 11.8. The molecule has 0 amide bonds. The Bertz CT molecular complexity index is 611. The lowest BCUT2D eigenvalue weighted by molar-refractivity contribution is -0.306. The summed E-state index contributed by atoms with van der Waals surface area (Å²) in [5.74, 6) is -0.0406. The Morgan fingerprint density at radius 2 is 1.93 bits per heavy atom. The number of carbonyl (C=O) groups excluding carboxylic acids is 1. The Morgan fingerprint density at radius 1 is 1.30 bits per heavy atom. The Labute approximate surface area is 158 Å². The predicted molar refractivity (Wildman–Crippen MR) is 95.6 cm³/mol. The highest BCUT2D eigenvalue weighted by Crippen LogP contribution is 2.44. The molecule has 8 heteroatoms. The van der Waals surface area contributed by atoms with Crippen molar-refractivity contribution in [3.8, 4) is 0 Å². The summed E-state index contributed by atoms with van der Waals surface area (Å²) in [7, 11) is 0. The van der Waals surface area contributed by atoms with Gasteiger partial charge in [-0.1, -0.05) is 19.9 Å². The third-order valence-corrected chi connectivity index (χ3v) is 5.43. The second-order valence-electron chi connectivity index (χ2n) is 8.02. The zero-order valence-electron chi connectivity index (χ0n) is 16.1. The molecule has 1 heterocycles. The second kappa shape index (κ2) is 8.08. The molecule has 5 N–H and O–H groups in total. The molecule has 1 aliphatic carbocycles. The maximum absolute atomic E-state index is 11.8. The van der Waals surface area contributed by atoms with Crippen LogP contribution in [0.3, 0.4) is 0 Å². The summed E-state index contributed by atoms with van der Waals surface area (Å²) >= 11 is 0. The van der Waals surface area contributed by atoms with E-state index in [-0.39, 0.29) is 12.2 Å². The van der Waals surface area contributed by atoms with E-state index in [2.05, 4.69) is 0 Å². The molecule has 0 spiro atoms. The van der Waals surface area contributed by atoms with Gasteiger partial charge >= 0.3 is 0 Å². The van der Waals surface area contributed by atoms with Gasteiger partial charge in [-0.05, 0) is 31.6 Å². The molecule has 1 aliphatic heterocycles. The first-order valence-electron chi connectivity index (χ1n) is 9.02. The lowest BCUT2D eigenvalue weighted by Gasteiger charge is -2.44. The van der Waals surface area contributed by atoms with Crippen LogP contribution in [0.4, 0.5) is 0 Å². The Balaban J connectivity index is 2.11. The first-order chi connectivity index (χ1) is 12.4. The van der Waals surface area contributed by atoms with Crippen LogP contribution in [0.25, 0.3) is 0 Å². The summed E-state index contributed by atoms with van der Waals surface area (Å²) in [6.07, 6.45) is -2.64. The molecule has 27 heavy (non-hydrogen) atoms. The molecule has 0 aromatic rings. The Kier molecular flexibility index (Phi) is 6.63. The van der Waals surface area contributed by atoms with Crippen molar-refractivity contribution in [2.75, 3.05) is 6.61 Å². The van der Waals surface area contributed by atoms with Gasteiger partial charge in [-0.3, -0.25) is 4.79 Å². The zero-order chi connectivity index (χ0) is 20.6. The molecule has 0 radical (unpaired) electrons. The second-order valence-corrected chi connectivity index (χ2v) is 8.02. The molecule has 2 aliphatic rings. The third kappa shape index (κ3) is 4.32. The molecule has 6 unspecified atom stereocenters. The Morgan fingerprint density at radius 3 is 2.48 bits per heavy atom. The molecule has 0 aromatic heterocycles. The number of aliphatic hydroxyl groups is 5. The molecule has 0 bridgehead atoms. The van der Waals surface area contributed by atoms with Crippen LogP contribution in [0.15, 0.2) is 23.8 Å². The summed E-state index contributed by atoms with van der Waals surface area (Å²) in [5.41, 5.74) is -1.52. The number of rotatable bonds is 5. The van der Waals surface area contributed by atoms with Gasteiger partial charge in [0.25, 0.3) is 0 Å². The van der Waals surface area contributed by atoms with E-state index in [1.54, 1.807) is 39.8 Å². The first-order valence-corrected chi connectivity index (χ1v) is 9.02. The molecule has 154 valence electrons. The minimum atomic E-state index is -1.52. The fraction of sp³-hybridized carbons (Fsp3) is 0.737. The van der Waals surface area contributed by atoms with Crippen LogP contribution >= 0.6 is 0 Å². The van der Waals surface area contributed by atoms with Crippen LogP contribution in [-0.4, -0.2) is 80.3 Å². The smallest absolute Gasteiger partial charge is 0.187 e. The molecule has 8 nitrogen and oxygen atoms in total. The van der Waals surface area contributed by atoms with Crippen LogP contribution in [0.1, 0.15) is 34.1 Å². The van der Waals surface area contributed by atoms with E-state index < -0.39 is 54.4 Å². The maximum Gasteiger partial charge on any atom is 0.187 e. The van der Waals surface area contributed by atoms with E-state index in [4.69, 9.17) is 9.47 Å². The van der Waals surface area contributed by atoms with Crippen molar-refractivity contribution >= 4 is 5.78 Å². The molecule has 0 aromatic carbocycles. The molecular weight excluding hydrogens is 356 g/mol. The predicted octanol–water partition coefficient (Wildman–Crippen LogP) is -0.576. The van der Waals surface area contributed by atoms with E-state index in [0.717, 1.165) is 0 Å². The van der Waals surface area contributed by atoms with Gasteiger partial charge in [-0.2, -0.15) is 0 Å². The summed E-state index contributed by atoms with van der Waals surface area (Å²) in [5, 5.41) is 50.0. The van der Waals surface area contributed by atoms with Crippen molar-refractivity contribution in [1.29, 1.82) is 0 Å². The van der Waals surface area contributed by atoms with Crippen LogP contribution in [0.2, 0.25) is 0 Å². The average Bonchev–Trinajstić information content (AvgIpc) is 2.58. The largest absolute Gasteiger partial charge is 0.394 e. The number of aliphatic hydroxyl groups excluding tert-OH is 4. The summed E-state index contributed by atoms with van der Waals surface area (Å²) < 4.78 is 10.9. The maximum atomic E-state index is 11.8. The lowest BCUT2D eigenvalue weighted by atomic mass is 9.64. The van der Waals surface area contributed by atoms with E-state index in [1.807, 2.05) is 0 Å². The van der Waals surface area contributed by atoms with Gasteiger partial charge in [-0.25, -0.2) is 0 Å². The van der Waals surface area contributed by atoms with Gasteiger partial charge in [0.05, 0.1) is 12.7 Å². The topological polar surface area (TPSA) is 137 Å². The van der Waals surface area contributed by atoms with Crippen LogP contribution < -0.4 is 0 Å². The number of ketones is 1. The van der Waals surface area contributed by atoms with Gasteiger partial charge in [0.1, 0.15) is 30.0 Å². The fourth-order valence-corrected chi connectivity index (χ4v) is 3.58. The van der Waals surface area contributed by atoms with Crippen molar-refractivity contribution in [3.63, 3.8) is 0 Å². The summed E-state index contributed by atoms with van der Waals surface area (Å²) in [6, 6.07) is 0. The standard InChI is InChI=1S/C19H30O8/c1-10-7-12(21)8-18(3,4)19(10,25)6-5-11(2)26-17-16(24)15(23)14(22)13(9-20)27-17/h5-7,11,13-17,20,22-25H,8-9H2,1-4H3/b6-5+/t11?,13?,14?,15?,16?,17?,19-/m1/s1. The number of hydrogen-bond donors (Lipinski definition) is 5. The molecule has 1 saturated heterocycles. The molecule has 1 fully saturated rings. The minimum absolute atomic E-state index is 0.0406. The van der Waals surface area contributed by atoms with Crippen molar-refractivity contribution in [2.24, 2.45) is 5.41 Å². The van der Waals surface area contributed by atoms with Crippen LogP contribution in [0.5, 0.6) is 0 Å². The third-order valence-electron chi connectivity index (χ3n) is 5.43. The van der Waals surface area contributed by atoms with Gasteiger partial charge in [-0.15, -0.1) is 0 Å². The lowest BCUT2D eigenvalue weighted by Crippen LogP contribution is -2.59. The van der Waals surface area contributed by atoms with Gasteiger partial charge in [0, 0.05) is 11.8 Å². The van der Waals surface area contributed by atoms with Crippen LogP contribution in [0, 0.1) is 5.41 Å². The molecule has 2 rings (SSSR count). The highest BCUT2D eigenvalue weighted by molar-refractivity contribution is 5.92. The van der Waals surface area contributed by atoms with E-state index >= 15 is 0 Å². The fourth-order valence-electron chi connectivity index (χ4n) is 3.58. The Hall–Kier alpha value is -1.13. The summed E-state index contributed by atoms with van der Waals surface area (Å²) in [6.45, 7) is 6.40. The normalized spacial score (nSPS) is 40.9.